The molecule has 0 aliphatic rings. The quantitative estimate of drug-likeness (QED) is 0.694. The van der Waals surface area contributed by atoms with E-state index < -0.39 is 0 Å². The van der Waals surface area contributed by atoms with Gasteiger partial charge in [-0.15, -0.1) is 0 Å². The van der Waals surface area contributed by atoms with Crippen LogP contribution in [0.4, 0.5) is 4.79 Å². The topological polar surface area (TPSA) is 59.0 Å². The average Bonchev–Trinajstić information content (AvgIpc) is 3.27. The van der Waals surface area contributed by atoms with Gasteiger partial charge in [-0.2, -0.15) is 16.4 Å². The molecule has 3 aromatic rings. The number of aromatic nitrogens is 2. The Morgan fingerprint density at radius 2 is 1.92 bits per heavy atom. The van der Waals surface area contributed by atoms with E-state index in [-0.39, 0.29) is 6.03 Å². The number of amides is 2. The number of benzene rings is 1. The summed E-state index contributed by atoms with van der Waals surface area (Å²) in [6, 6.07) is 14.0. The summed E-state index contributed by atoms with van der Waals surface area (Å²) in [5, 5.41) is 14.3. The Balaban J connectivity index is 1.35. The maximum absolute atomic E-state index is 11.8. The minimum Gasteiger partial charge on any atom is -0.338 e. The molecule has 0 saturated carbocycles. The summed E-state index contributed by atoms with van der Waals surface area (Å²) in [4.78, 5) is 11.8. The van der Waals surface area contributed by atoms with Crippen LogP contribution in [0.25, 0.3) is 11.3 Å². The molecule has 0 fully saturated rings. The fourth-order valence-electron chi connectivity index (χ4n) is 2.36. The predicted octanol–water partition coefficient (Wildman–Crippen LogP) is 3.15. The van der Waals surface area contributed by atoms with Crippen molar-refractivity contribution in [1.82, 2.24) is 20.4 Å². The highest BCUT2D eigenvalue weighted by atomic mass is 32.1. The molecule has 24 heavy (non-hydrogen) atoms. The molecule has 0 atom stereocenters. The molecular weight excluding hydrogens is 320 g/mol. The van der Waals surface area contributed by atoms with Crippen molar-refractivity contribution in [3.8, 4) is 11.3 Å². The zero-order chi connectivity index (χ0) is 16.6. The van der Waals surface area contributed by atoms with Crippen molar-refractivity contribution >= 4 is 17.4 Å². The lowest BCUT2D eigenvalue weighted by atomic mass is 10.1. The van der Waals surface area contributed by atoms with Gasteiger partial charge >= 0.3 is 6.03 Å². The minimum absolute atomic E-state index is 0.142. The van der Waals surface area contributed by atoms with Gasteiger partial charge in [0.05, 0.1) is 12.2 Å². The van der Waals surface area contributed by atoms with Crippen LogP contribution >= 0.6 is 11.3 Å². The molecule has 124 valence electrons. The van der Waals surface area contributed by atoms with Gasteiger partial charge in [0.15, 0.2) is 0 Å². The molecule has 6 heteroatoms. The summed E-state index contributed by atoms with van der Waals surface area (Å²) in [6.07, 6.45) is 2.76. The van der Waals surface area contributed by atoms with E-state index in [0.29, 0.717) is 19.6 Å². The van der Waals surface area contributed by atoms with E-state index in [4.69, 9.17) is 0 Å². The first kappa shape index (κ1) is 16.3. The second-order valence-electron chi connectivity index (χ2n) is 5.39. The van der Waals surface area contributed by atoms with E-state index >= 15 is 0 Å². The molecular formula is C18H20N4OS. The molecule has 0 aliphatic carbocycles. The van der Waals surface area contributed by atoms with Gasteiger partial charge in [0.2, 0.25) is 0 Å². The Kier molecular flexibility index (Phi) is 5.63. The second kappa shape index (κ2) is 8.31. The van der Waals surface area contributed by atoms with Gasteiger partial charge in [0.25, 0.3) is 0 Å². The van der Waals surface area contributed by atoms with E-state index in [0.717, 1.165) is 17.7 Å². The third-order valence-corrected chi connectivity index (χ3v) is 4.31. The molecule has 2 heterocycles. The average molecular weight is 340 g/mol. The van der Waals surface area contributed by atoms with Crippen LogP contribution in [0.5, 0.6) is 0 Å². The van der Waals surface area contributed by atoms with Crippen LogP contribution in [-0.4, -0.2) is 28.9 Å². The maximum Gasteiger partial charge on any atom is 0.314 e. The normalized spacial score (nSPS) is 10.5. The van der Waals surface area contributed by atoms with Crippen molar-refractivity contribution in [2.24, 2.45) is 0 Å². The second-order valence-corrected chi connectivity index (χ2v) is 6.17. The molecule has 2 amide bonds. The van der Waals surface area contributed by atoms with Crippen LogP contribution in [0, 0.1) is 0 Å². The van der Waals surface area contributed by atoms with Crippen LogP contribution in [0.1, 0.15) is 5.56 Å². The molecule has 0 saturated heterocycles. The predicted molar refractivity (Wildman–Crippen MR) is 97.1 cm³/mol. The lowest BCUT2D eigenvalue weighted by Crippen LogP contribution is -2.38. The molecule has 1 aromatic carbocycles. The number of rotatable bonds is 7. The first-order valence-electron chi connectivity index (χ1n) is 7.93. The summed E-state index contributed by atoms with van der Waals surface area (Å²) < 4.78 is 1.84. The number of thiophene rings is 1. The highest BCUT2D eigenvalue weighted by molar-refractivity contribution is 7.08. The fraction of sp³-hybridized carbons (Fsp3) is 0.222. The molecule has 0 radical (unpaired) electrons. The Morgan fingerprint density at radius 3 is 2.71 bits per heavy atom. The minimum atomic E-state index is -0.142. The van der Waals surface area contributed by atoms with Crippen molar-refractivity contribution in [3.63, 3.8) is 0 Å². The standard InChI is InChI=1S/C18H20N4OS/c23-18(19-9-6-15-4-2-1-3-5-15)20-10-12-22-11-7-17(21-22)16-8-13-24-14-16/h1-5,7-8,11,13-14H,6,9-10,12H2,(H2,19,20,23). The zero-order valence-corrected chi connectivity index (χ0v) is 14.1. The molecule has 0 bridgehead atoms. The van der Waals surface area contributed by atoms with Crippen molar-refractivity contribution in [1.29, 1.82) is 0 Å². The SMILES string of the molecule is O=C(NCCc1ccccc1)NCCn1ccc(-c2ccsc2)n1. The highest BCUT2D eigenvalue weighted by Crippen LogP contribution is 2.19. The Morgan fingerprint density at radius 1 is 1.08 bits per heavy atom. The zero-order valence-electron chi connectivity index (χ0n) is 13.3. The lowest BCUT2D eigenvalue weighted by Gasteiger charge is -2.08. The van der Waals surface area contributed by atoms with Crippen molar-refractivity contribution in [3.05, 3.63) is 65.0 Å². The molecule has 2 aromatic heterocycles. The van der Waals surface area contributed by atoms with Crippen LogP contribution in [0.15, 0.2) is 59.4 Å². The van der Waals surface area contributed by atoms with E-state index in [2.05, 4.69) is 39.3 Å². The Bertz CT molecular complexity index is 752. The summed E-state index contributed by atoms with van der Waals surface area (Å²) in [6.45, 7) is 1.82. The van der Waals surface area contributed by atoms with Crippen LogP contribution in [0.3, 0.4) is 0 Å². The molecule has 0 aliphatic heterocycles. The number of nitrogens with zero attached hydrogens (tertiary/aromatic N) is 2. The van der Waals surface area contributed by atoms with E-state index in [9.17, 15) is 4.79 Å². The maximum atomic E-state index is 11.8. The summed E-state index contributed by atoms with van der Waals surface area (Å²) in [5.74, 6) is 0. The smallest absolute Gasteiger partial charge is 0.314 e. The number of hydrogen-bond donors (Lipinski definition) is 2. The lowest BCUT2D eigenvalue weighted by molar-refractivity contribution is 0.240. The monoisotopic (exact) mass is 340 g/mol. The van der Waals surface area contributed by atoms with Gasteiger partial charge in [0, 0.05) is 30.2 Å². The fourth-order valence-corrected chi connectivity index (χ4v) is 3.01. The molecule has 0 unspecified atom stereocenters. The number of carbonyl (C=O) groups is 1. The Hall–Kier alpha value is -2.60. The van der Waals surface area contributed by atoms with Gasteiger partial charge in [-0.05, 0) is 29.5 Å². The number of nitrogens with one attached hydrogen (secondary N) is 2. The van der Waals surface area contributed by atoms with Crippen LogP contribution < -0.4 is 10.6 Å². The van der Waals surface area contributed by atoms with Crippen LogP contribution in [0.2, 0.25) is 0 Å². The summed E-state index contributed by atoms with van der Waals surface area (Å²) in [7, 11) is 0. The Labute approximate surface area is 145 Å². The van der Waals surface area contributed by atoms with Crippen molar-refractivity contribution in [2.75, 3.05) is 13.1 Å². The molecule has 5 nitrogen and oxygen atoms in total. The van der Waals surface area contributed by atoms with Gasteiger partial charge < -0.3 is 10.6 Å². The van der Waals surface area contributed by atoms with Gasteiger partial charge in [-0.1, -0.05) is 30.3 Å². The molecule has 0 spiro atoms. The third kappa shape index (κ3) is 4.70. The van der Waals surface area contributed by atoms with Crippen LogP contribution in [-0.2, 0) is 13.0 Å². The number of urea groups is 1. The third-order valence-electron chi connectivity index (χ3n) is 3.63. The van der Waals surface area contributed by atoms with Crippen molar-refractivity contribution < 1.29 is 4.79 Å². The molecule has 2 N–H and O–H groups in total. The van der Waals surface area contributed by atoms with Crippen molar-refractivity contribution in [2.45, 2.75) is 13.0 Å². The first-order valence-corrected chi connectivity index (χ1v) is 8.87. The van der Waals surface area contributed by atoms with E-state index in [1.54, 1.807) is 11.3 Å². The van der Waals surface area contributed by atoms with Gasteiger partial charge in [-0.3, -0.25) is 4.68 Å². The molecule has 3 rings (SSSR count). The number of carbonyl (C=O) groups excluding carboxylic acids is 1. The van der Waals surface area contributed by atoms with E-state index in [1.165, 1.54) is 5.56 Å². The van der Waals surface area contributed by atoms with Gasteiger partial charge in [0.1, 0.15) is 0 Å². The summed E-state index contributed by atoms with van der Waals surface area (Å²) >= 11 is 1.66. The summed E-state index contributed by atoms with van der Waals surface area (Å²) in [5.41, 5.74) is 3.31. The number of hydrogen-bond acceptors (Lipinski definition) is 3. The van der Waals surface area contributed by atoms with E-state index in [1.807, 2.05) is 40.5 Å². The largest absolute Gasteiger partial charge is 0.338 e. The van der Waals surface area contributed by atoms with Gasteiger partial charge in [-0.25, -0.2) is 4.79 Å². The first-order chi connectivity index (χ1) is 11.8. The highest BCUT2D eigenvalue weighted by Gasteiger charge is 2.03.